The highest BCUT2D eigenvalue weighted by Gasteiger charge is 2.34. The highest BCUT2D eigenvalue weighted by molar-refractivity contribution is 6.11. The minimum Gasteiger partial charge on any atom is -0.465 e. The van der Waals surface area contributed by atoms with E-state index >= 15 is 0 Å². The van der Waals surface area contributed by atoms with Gasteiger partial charge in [-0.3, -0.25) is 9.59 Å². The van der Waals surface area contributed by atoms with Crippen LogP contribution in [0.25, 0.3) is 10.8 Å². The van der Waals surface area contributed by atoms with Crippen LogP contribution in [0.1, 0.15) is 10.4 Å². The normalized spacial score (nSPS) is 13.9. The zero-order valence-electron chi connectivity index (χ0n) is 13.8. The number of fused-ring (bicyclic) bond motifs is 1. The number of ether oxygens (including phenoxy) is 1. The molecule has 1 aliphatic rings. The summed E-state index contributed by atoms with van der Waals surface area (Å²) in [6.45, 7) is 4.20. The Morgan fingerprint density at radius 3 is 2.48 bits per heavy atom. The first kappa shape index (κ1) is 16.7. The molecule has 1 aliphatic heterocycles. The molecule has 6 heteroatoms. The molecule has 2 aromatic rings. The van der Waals surface area contributed by atoms with Gasteiger partial charge in [0.2, 0.25) is 11.8 Å². The van der Waals surface area contributed by atoms with Crippen LogP contribution in [-0.4, -0.2) is 42.9 Å². The fraction of sp³-hybridized carbons (Fsp3) is 0.211. The average molecular weight is 338 g/mol. The SMILES string of the molecule is C=CC(=O)N1CC(C(=O)Nc2ccc(C(=O)OC)c3ccccc23)C1. The minimum atomic E-state index is -0.424. The Morgan fingerprint density at radius 1 is 1.16 bits per heavy atom. The summed E-state index contributed by atoms with van der Waals surface area (Å²) >= 11 is 0. The number of carbonyl (C=O) groups is 3. The van der Waals surface area contributed by atoms with Crippen molar-refractivity contribution in [2.45, 2.75) is 0 Å². The van der Waals surface area contributed by atoms with E-state index in [0.29, 0.717) is 29.7 Å². The van der Waals surface area contributed by atoms with Crippen LogP contribution in [-0.2, 0) is 14.3 Å². The molecule has 1 saturated heterocycles. The number of likely N-dealkylation sites (tertiary alicyclic amines) is 1. The smallest absolute Gasteiger partial charge is 0.338 e. The second-order valence-electron chi connectivity index (χ2n) is 5.83. The van der Waals surface area contributed by atoms with Crippen molar-refractivity contribution in [1.82, 2.24) is 4.90 Å². The van der Waals surface area contributed by atoms with Gasteiger partial charge < -0.3 is 15.0 Å². The molecule has 0 radical (unpaired) electrons. The number of methoxy groups -OCH3 is 1. The number of nitrogens with one attached hydrogen (secondary N) is 1. The Balaban J connectivity index is 1.81. The molecule has 2 amide bonds. The van der Waals surface area contributed by atoms with Crippen molar-refractivity contribution in [3.8, 4) is 0 Å². The molecule has 0 unspecified atom stereocenters. The van der Waals surface area contributed by atoms with Crippen LogP contribution in [0.3, 0.4) is 0 Å². The van der Waals surface area contributed by atoms with Gasteiger partial charge >= 0.3 is 5.97 Å². The van der Waals surface area contributed by atoms with Crippen LogP contribution in [0.5, 0.6) is 0 Å². The number of esters is 1. The molecule has 0 atom stereocenters. The molecule has 3 rings (SSSR count). The van der Waals surface area contributed by atoms with Crippen molar-refractivity contribution in [3.63, 3.8) is 0 Å². The van der Waals surface area contributed by atoms with Crippen LogP contribution < -0.4 is 5.32 Å². The molecule has 2 aromatic carbocycles. The Kier molecular flexibility index (Phi) is 4.52. The van der Waals surface area contributed by atoms with Crippen molar-refractivity contribution < 1.29 is 19.1 Å². The number of rotatable bonds is 4. The van der Waals surface area contributed by atoms with Crippen molar-refractivity contribution in [3.05, 3.63) is 54.6 Å². The van der Waals surface area contributed by atoms with Crippen LogP contribution in [0.4, 0.5) is 5.69 Å². The minimum absolute atomic E-state index is 0.149. The largest absolute Gasteiger partial charge is 0.465 e. The summed E-state index contributed by atoms with van der Waals surface area (Å²) in [5, 5.41) is 4.37. The average Bonchev–Trinajstić information content (AvgIpc) is 2.59. The summed E-state index contributed by atoms with van der Waals surface area (Å²) in [7, 11) is 1.33. The zero-order valence-corrected chi connectivity index (χ0v) is 13.8. The van der Waals surface area contributed by atoms with Gasteiger partial charge in [0.05, 0.1) is 18.6 Å². The van der Waals surface area contributed by atoms with E-state index in [4.69, 9.17) is 4.74 Å². The number of hydrogen-bond acceptors (Lipinski definition) is 4. The van der Waals surface area contributed by atoms with Crippen LogP contribution in [0.15, 0.2) is 49.1 Å². The maximum Gasteiger partial charge on any atom is 0.338 e. The molecule has 25 heavy (non-hydrogen) atoms. The first-order valence-electron chi connectivity index (χ1n) is 7.87. The van der Waals surface area contributed by atoms with Crippen molar-refractivity contribution >= 4 is 34.2 Å². The first-order chi connectivity index (χ1) is 12.0. The van der Waals surface area contributed by atoms with E-state index in [1.807, 2.05) is 24.3 Å². The van der Waals surface area contributed by atoms with Crippen LogP contribution in [0.2, 0.25) is 0 Å². The van der Waals surface area contributed by atoms with E-state index in [1.165, 1.54) is 13.2 Å². The van der Waals surface area contributed by atoms with Crippen LogP contribution in [0, 0.1) is 5.92 Å². The van der Waals surface area contributed by atoms with Gasteiger partial charge in [0.15, 0.2) is 0 Å². The molecular formula is C19H18N2O4. The van der Waals surface area contributed by atoms with E-state index in [9.17, 15) is 14.4 Å². The number of benzene rings is 2. The van der Waals surface area contributed by atoms with Gasteiger partial charge in [0, 0.05) is 24.2 Å². The molecule has 0 aromatic heterocycles. The second kappa shape index (κ2) is 6.76. The van der Waals surface area contributed by atoms with Gasteiger partial charge in [-0.15, -0.1) is 0 Å². The number of nitrogens with zero attached hydrogens (tertiary/aromatic N) is 1. The molecule has 1 fully saturated rings. The van der Waals surface area contributed by atoms with Gasteiger partial charge in [-0.05, 0) is 23.6 Å². The second-order valence-corrected chi connectivity index (χ2v) is 5.83. The lowest BCUT2D eigenvalue weighted by Gasteiger charge is -2.37. The van der Waals surface area contributed by atoms with E-state index in [-0.39, 0.29) is 17.7 Å². The van der Waals surface area contributed by atoms with Crippen molar-refractivity contribution in [1.29, 1.82) is 0 Å². The van der Waals surface area contributed by atoms with E-state index in [2.05, 4.69) is 11.9 Å². The van der Waals surface area contributed by atoms with Gasteiger partial charge in [-0.1, -0.05) is 30.8 Å². The number of anilines is 1. The monoisotopic (exact) mass is 338 g/mol. The first-order valence-corrected chi connectivity index (χ1v) is 7.87. The summed E-state index contributed by atoms with van der Waals surface area (Å²) in [4.78, 5) is 37.3. The number of carbonyl (C=O) groups excluding carboxylic acids is 3. The quantitative estimate of drug-likeness (QED) is 0.685. The number of amides is 2. The molecule has 1 heterocycles. The van der Waals surface area contributed by atoms with E-state index < -0.39 is 5.97 Å². The molecule has 128 valence electrons. The van der Waals surface area contributed by atoms with Crippen molar-refractivity contribution in [2.75, 3.05) is 25.5 Å². The van der Waals surface area contributed by atoms with Gasteiger partial charge in [0.25, 0.3) is 0 Å². The maximum absolute atomic E-state index is 12.4. The Labute approximate surface area is 145 Å². The molecule has 0 bridgehead atoms. The van der Waals surface area contributed by atoms with Crippen molar-refractivity contribution in [2.24, 2.45) is 5.92 Å². The predicted octanol–water partition coefficient (Wildman–Crippen LogP) is 2.21. The zero-order chi connectivity index (χ0) is 18.0. The predicted molar refractivity (Wildman–Crippen MR) is 94.2 cm³/mol. The summed E-state index contributed by atoms with van der Waals surface area (Å²) in [6, 6.07) is 10.6. The lowest BCUT2D eigenvalue weighted by Crippen LogP contribution is -2.53. The third kappa shape index (κ3) is 3.10. The van der Waals surface area contributed by atoms with E-state index in [1.54, 1.807) is 17.0 Å². The number of hydrogen-bond donors (Lipinski definition) is 1. The Morgan fingerprint density at radius 2 is 1.84 bits per heavy atom. The van der Waals surface area contributed by atoms with Gasteiger partial charge in [-0.25, -0.2) is 4.79 Å². The molecule has 6 nitrogen and oxygen atoms in total. The highest BCUT2D eigenvalue weighted by Crippen LogP contribution is 2.28. The highest BCUT2D eigenvalue weighted by atomic mass is 16.5. The lowest BCUT2D eigenvalue weighted by atomic mass is 9.98. The topological polar surface area (TPSA) is 75.7 Å². The summed E-state index contributed by atoms with van der Waals surface area (Å²) < 4.78 is 4.80. The molecule has 0 spiro atoms. The van der Waals surface area contributed by atoms with Gasteiger partial charge in [0.1, 0.15) is 0 Å². The molecular weight excluding hydrogens is 320 g/mol. The molecule has 1 N–H and O–H groups in total. The Bertz CT molecular complexity index is 869. The molecule has 0 aliphatic carbocycles. The lowest BCUT2D eigenvalue weighted by molar-refractivity contribution is -0.137. The van der Waals surface area contributed by atoms with Crippen LogP contribution >= 0.6 is 0 Å². The van der Waals surface area contributed by atoms with E-state index in [0.717, 1.165) is 5.39 Å². The molecule has 0 saturated carbocycles. The third-order valence-corrected chi connectivity index (χ3v) is 4.33. The fourth-order valence-corrected chi connectivity index (χ4v) is 2.88. The summed E-state index contributed by atoms with van der Waals surface area (Å²) in [5.41, 5.74) is 1.07. The van der Waals surface area contributed by atoms with Gasteiger partial charge in [-0.2, -0.15) is 0 Å². The Hall–Kier alpha value is -3.15. The third-order valence-electron chi connectivity index (χ3n) is 4.33. The standard InChI is InChI=1S/C19H18N2O4/c1-3-17(22)21-10-12(11-21)18(23)20-16-9-8-15(19(24)25-2)13-6-4-5-7-14(13)16/h3-9,12H,1,10-11H2,2H3,(H,20,23). The maximum atomic E-state index is 12.4. The fourth-order valence-electron chi connectivity index (χ4n) is 2.88. The summed E-state index contributed by atoms with van der Waals surface area (Å²) in [5.74, 6) is -0.990. The summed E-state index contributed by atoms with van der Waals surface area (Å²) in [6.07, 6.45) is 1.24.